The summed E-state index contributed by atoms with van der Waals surface area (Å²) in [6.07, 6.45) is 1.18. The van der Waals surface area contributed by atoms with Crippen LogP contribution in [-0.2, 0) is 10.0 Å². The maximum absolute atomic E-state index is 11.9. The average Bonchev–Trinajstić information content (AvgIpc) is 2.76. The molecule has 8 heteroatoms. The predicted octanol–water partition coefficient (Wildman–Crippen LogP) is 1.19. The minimum Gasteiger partial charge on any atom is -0.438 e. The second-order valence-electron chi connectivity index (χ2n) is 4.24. The number of oxazole rings is 1. The summed E-state index contributed by atoms with van der Waals surface area (Å²) in [5, 5.41) is 7.66. The van der Waals surface area contributed by atoms with Gasteiger partial charge in [-0.2, -0.15) is 0 Å². The molecule has 0 unspecified atom stereocenters. The van der Waals surface area contributed by atoms with Gasteiger partial charge in [-0.25, -0.2) is 18.5 Å². The number of carbonyl (C=O) groups is 1. The molecule has 20 heavy (non-hydrogen) atoms. The molecule has 0 atom stereocenters. The van der Waals surface area contributed by atoms with Crippen molar-refractivity contribution in [2.45, 2.75) is 18.7 Å². The van der Waals surface area contributed by atoms with Gasteiger partial charge >= 0.3 is 0 Å². The zero-order valence-electron chi connectivity index (χ0n) is 10.9. The molecule has 2 aromatic rings. The topological polar surface area (TPSA) is 115 Å². The SMILES string of the molecule is Cc1cc(S(N)(=O)=O)ccc1NC(=O)c1ocnc1C. The molecule has 2 rings (SSSR count). The Balaban J connectivity index is 2.27. The van der Waals surface area contributed by atoms with Crippen molar-refractivity contribution in [1.82, 2.24) is 4.98 Å². The Hall–Kier alpha value is -2.19. The van der Waals surface area contributed by atoms with E-state index in [1.54, 1.807) is 13.8 Å². The second kappa shape index (κ2) is 5.06. The molecule has 0 saturated carbocycles. The maximum atomic E-state index is 11.9. The Kier molecular flexibility index (Phi) is 3.60. The number of aromatic nitrogens is 1. The lowest BCUT2D eigenvalue weighted by molar-refractivity contribution is 0.0996. The van der Waals surface area contributed by atoms with Crippen LogP contribution in [0.5, 0.6) is 0 Å². The third-order valence-corrected chi connectivity index (χ3v) is 3.64. The van der Waals surface area contributed by atoms with Gasteiger partial charge in [0, 0.05) is 5.69 Å². The predicted molar refractivity (Wildman–Crippen MR) is 71.7 cm³/mol. The van der Waals surface area contributed by atoms with Crippen LogP contribution < -0.4 is 10.5 Å². The van der Waals surface area contributed by atoms with Crippen molar-refractivity contribution < 1.29 is 17.6 Å². The summed E-state index contributed by atoms with van der Waals surface area (Å²) < 4.78 is 27.4. The third kappa shape index (κ3) is 2.86. The van der Waals surface area contributed by atoms with Crippen molar-refractivity contribution in [2.24, 2.45) is 5.14 Å². The van der Waals surface area contributed by atoms with Crippen molar-refractivity contribution in [1.29, 1.82) is 0 Å². The molecule has 0 aliphatic rings. The van der Waals surface area contributed by atoms with E-state index in [0.29, 0.717) is 16.9 Å². The first kappa shape index (κ1) is 14.2. The number of hydrogen-bond donors (Lipinski definition) is 2. The molecule has 0 saturated heterocycles. The Morgan fingerprint density at radius 2 is 2.05 bits per heavy atom. The van der Waals surface area contributed by atoms with E-state index < -0.39 is 15.9 Å². The monoisotopic (exact) mass is 295 g/mol. The van der Waals surface area contributed by atoms with Crippen LogP contribution in [0, 0.1) is 13.8 Å². The molecule has 1 amide bonds. The molecule has 0 spiro atoms. The Morgan fingerprint density at radius 3 is 2.55 bits per heavy atom. The molecule has 106 valence electrons. The van der Waals surface area contributed by atoms with Crippen LogP contribution in [0.1, 0.15) is 21.8 Å². The van der Waals surface area contributed by atoms with Gasteiger partial charge in [-0.15, -0.1) is 0 Å². The van der Waals surface area contributed by atoms with Gasteiger partial charge in [0.1, 0.15) is 0 Å². The second-order valence-corrected chi connectivity index (χ2v) is 5.80. The number of nitrogens with zero attached hydrogens (tertiary/aromatic N) is 1. The van der Waals surface area contributed by atoms with Crippen LogP contribution in [-0.4, -0.2) is 19.3 Å². The van der Waals surface area contributed by atoms with E-state index in [9.17, 15) is 13.2 Å². The fraction of sp³-hybridized carbons (Fsp3) is 0.167. The van der Waals surface area contributed by atoms with Gasteiger partial charge in [-0.05, 0) is 37.6 Å². The maximum Gasteiger partial charge on any atom is 0.293 e. The van der Waals surface area contributed by atoms with Crippen LogP contribution in [0.15, 0.2) is 33.9 Å². The minimum absolute atomic E-state index is 0.0103. The summed E-state index contributed by atoms with van der Waals surface area (Å²) in [7, 11) is -3.76. The van der Waals surface area contributed by atoms with E-state index in [0.717, 1.165) is 0 Å². The van der Waals surface area contributed by atoms with E-state index in [1.165, 1.54) is 24.6 Å². The first-order valence-electron chi connectivity index (χ1n) is 5.64. The number of aryl methyl sites for hydroxylation is 2. The molecule has 1 aromatic carbocycles. The standard InChI is InChI=1S/C12H13N3O4S/c1-7-5-9(20(13,17)18)3-4-10(7)15-12(16)11-8(2)14-6-19-11/h3-6H,1-2H3,(H,15,16)(H2,13,17,18). The van der Waals surface area contributed by atoms with Crippen molar-refractivity contribution in [2.75, 3.05) is 5.32 Å². The summed E-state index contributed by atoms with van der Waals surface area (Å²) in [6.45, 7) is 3.31. The highest BCUT2D eigenvalue weighted by atomic mass is 32.2. The summed E-state index contributed by atoms with van der Waals surface area (Å²) in [6, 6.07) is 4.18. The average molecular weight is 295 g/mol. The van der Waals surface area contributed by atoms with Crippen molar-refractivity contribution in [3.63, 3.8) is 0 Å². The minimum atomic E-state index is -3.76. The molecule has 0 fully saturated rings. The Labute approximate surface area is 115 Å². The first-order valence-corrected chi connectivity index (χ1v) is 7.18. The number of carbonyl (C=O) groups excluding carboxylic acids is 1. The van der Waals surface area contributed by atoms with Gasteiger partial charge in [0.05, 0.1) is 10.6 Å². The zero-order valence-corrected chi connectivity index (χ0v) is 11.7. The molecule has 1 heterocycles. The largest absolute Gasteiger partial charge is 0.438 e. The molecule has 0 aliphatic carbocycles. The summed E-state index contributed by atoms with van der Waals surface area (Å²) in [4.78, 5) is 15.8. The molecular weight excluding hydrogens is 282 g/mol. The number of benzene rings is 1. The van der Waals surface area contributed by atoms with Crippen LogP contribution in [0.25, 0.3) is 0 Å². The molecule has 7 nitrogen and oxygen atoms in total. The zero-order chi connectivity index (χ0) is 14.9. The fourth-order valence-corrected chi connectivity index (χ4v) is 2.25. The number of nitrogens with one attached hydrogen (secondary N) is 1. The lowest BCUT2D eigenvalue weighted by atomic mass is 10.2. The first-order chi connectivity index (χ1) is 9.29. The Morgan fingerprint density at radius 1 is 1.35 bits per heavy atom. The molecule has 0 aliphatic heterocycles. The number of sulfonamides is 1. The summed E-state index contributed by atoms with van der Waals surface area (Å²) in [5.74, 6) is -0.341. The number of amides is 1. The molecular formula is C12H13N3O4S. The molecule has 0 radical (unpaired) electrons. The summed E-state index contributed by atoms with van der Waals surface area (Å²) in [5.41, 5.74) is 1.52. The van der Waals surface area contributed by atoms with Crippen LogP contribution >= 0.6 is 0 Å². The van der Waals surface area contributed by atoms with E-state index in [4.69, 9.17) is 9.56 Å². The summed E-state index contributed by atoms with van der Waals surface area (Å²) >= 11 is 0. The number of rotatable bonds is 3. The molecule has 1 aromatic heterocycles. The number of primary sulfonamides is 1. The van der Waals surface area contributed by atoms with Gasteiger partial charge in [-0.3, -0.25) is 4.79 Å². The van der Waals surface area contributed by atoms with Gasteiger partial charge in [0.2, 0.25) is 15.8 Å². The highest BCUT2D eigenvalue weighted by Crippen LogP contribution is 2.20. The van der Waals surface area contributed by atoms with E-state index in [-0.39, 0.29) is 10.7 Å². The van der Waals surface area contributed by atoms with E-state index in [1.807, 2.05) is 0 Å². The van der Waals surface area contributed by atoms with E-state index in [2.05, 4.69) is 10.3 Å². The number of hydrogen-bond acceptors (Lipinski definition) is 5. The van der Waals surface area contributed by atoms with Gasteiger partial charge in [-0.1, -0.05) is 0 Å². The van der Waals surface area contributed by atoms with Gasteiger partial charge in [0.25, 0.3) is 5.91 Å². The fourth-order valence-electron chi connectivity index (χ4n) is 1.65. The third-order valence-electron chi connectivity index (χ3n) is 2.73. The van der Waals surface area contributed by atoms with E-state index >= 15 is 0 Å². The Bertz CT molecular complexity index is 765. The smallest absolute Gasteiger partial charge is 0.293 e. The van der Waals surface area contributed by atoms with Crippen LogP contribution in [0.3, 0.4) is 0 Å². The molecule has 3 N–H and O–H groups in total. The lowest BCUT2D eigenvalue weighted by Crippen LogP contribution is -2.15. The normalized spacial score (nSPS) is 11.3. The highest BCUT2D eigenvalue weighted by Gasteiger charge is 2.16. The lowest BCUT2D eigenvalue weighted by Gasteiger charge is -2.08. The highest BCUT2D eigenvalue weighted by molar-refractivity contribution is 7.89. The van der Waals surface area contributed by atoms with Gasteiger partial charge < -0.3 is 9.73 Å². The van der Waals surface area contributed by atoms with Crippen molar-refractivity contribution >= 4 is 21.6 Å². The van der Waals surface area contributed by atoms with Gasteiger partial charge in [0.15, 0.2) is 6.39 Å². The number of nitrogens with two attached hydrogens (primary N) is 1. The van der Waals surface area contributed by atoms with Crippen LogP contribution in [0.2, 0.25) is 0 Å². The van der Waals surface area contributed by atoms with Crippen LogP contribution in [0.4, 0.5) is 5.69 Å². The molecule has 0 bridgehead atoms. The van der Waals surface area contributed by atoms with Crippen molar-refractivity contribution in [3.05, 3.63) is 41.6 Å². The van der Waals surface area contributed by atoms with Crippen molar-refractivity contribution in [3.8, 4) is 0 Å². The number of anilines is 1. The quantitative estimate of drug-likeness (QED) is 0.882.